The molecule has 1 aliphatic heterocycles. The van der Waals surface area contributed by atoms with Crippen LogP contribution in [0.4, 0.5) is 5.69 Å². The van der Waals surface area contributed by atoms with Crippen molar-refractivity contribution in [3.8, 4) is 11.5 Å². The summed E-state index contributed by atoms with van der Waals surface area (Å²) in [6.45, 7) is 4.77. The van der Waals surface area contributed by atoms with E-state index in [1.807, 2.05) is 18.2 Å². The Bertz CT molecular complexity index is 388. The maximum Gasteiger partial charge on any atom is 0.162 e. The van der Waals surface area contributed by atoms with Crippen molar-refractivity contribution in [3.63, 3.8) is 0 Å². The number of hydrogen-bond acceptors (Lipinski definition) is 4. The Kier molecular flexibility index (Phi) is 3.43. The number of nitrogens with one attached hydrogen (secondary N) is 1. The lowest BCUT2D eigenvalue weighted by Crippen LogP contribution is -2.45. The topological polar surface area (TPSA) is 39.7 Å². The molecule has 1 aromatic carbocycles. The number of hydrogen-bond donors (Lipinski definition) is 1. The van der Waals surface area contributed by atoms with Crippen LogP contribution >= 0.6 is 0 Å². The second kappa shape index (κ2) is 4.84. The minimum atomic E-state index is 0.257. The number of methoxy groups -OCH3 is 2. The van der Waals surface area contributed by atoms with Gasteiger partial charge in [-0.2, -0.15) is 0 Å². The van der Waals surface area contributed by atoms with Gasteiger partial charge in [-0.1, -0.05) is 6.92 Å². The average Bonchev–Trinajstić information content (AvgIpc) is 2.33. The highest BCUT2D eigenvalue weighted by atomic mass is 16.5. The molecular weight excluding hydrogens is 218 g/mol. The highest BCUT2D eigenvalue weighted by Gasteiger charge is 2.32. The zero-order valence-corrected chi connectivity index (χ0v) is 10.6. The van der Waals surface area contributed by atoms with Gasteiger partial charge in [0.25, 0.3) is 0 Å². The van der Waals surface area contributed by atoms with Crippen molar-refractivity contribution in [1.82, 2.24) is 0 Å². The molecular formula is C13H19NO3. The van der Waals surface area contributed by atoms with Gasteiger partial charge in [0.1, 0.15) is 0 Å². The first-order chi connectivity index (χ1) is 8.17. The van der Waals surface area contributed by atoms with Crippen LogP contribution in [0.3, 0.4) is 0 Å². The van der Waals surface area contributed by atoms with Crippen molar-refractivity contribution < 1.29 is 14.2 Å². The number of ether oxygens (including phenoxy) is 3. The van der Waals surface area contributed by atoms with Crippen LogP contribution in [0.2, 0.25) is 0 Å². The molecule has 0 unspecified atom stereocenters. The van der Waals surface area contributed by atoms with E-state index in [2.05, 4.69) is 12.2 Å². The fraction of sp³-hybridized carbons (Fsp3) is 0.538. The van der Waals surface area contributed by atoms with E-state index in [4.69, 9.17) is 14.2 Å². The first kappa shape index (κ1) is 12.0. The van der Waals surface area contributed by atoms with E-state index < -0.39 is 0 Å². The van der Waals surface area contributed by atoms with Crippen molar-refractivity contribution in [2.75, 3.05) is 39.3 Å². The molecule has 0 aromatic heterocycles. The second-order valence-corrected chi connectivity index (χ2v) is 4.73. The largest absolute Gasteiger partial charge is 0.493 e. The van der Waals surface area contributed by atoms with Crippen LogP contribution in [0.25, 0.3) is 0 Å². The van der Waals surface area contributed by atoms with Crippen molar-refractivity contribution in [1.29, 1.82) is 0 Å². The summed E-state index contributed by atoms with van der Waals surface area (Å²) in [4.78, 5) is 0. The third-order valence-corrected chi connectivity index (χ3v) is 3.00. The predicted octanol–water partition coefficient (Wildman–Crippen LogP) is 2.15. The Morgan fingerprint density at radius 3 is 2.47 bits per heavy atom. The minimum Gasteiger partial charge on any atom is -0.493 e. The van der Waals surface area contributed by atoms with E-state index in [0.29, 0.717) is 0 Å². The maximum absolute atomic E-state index is 5.26. The first-order valence-electron chi connectivity index (χ1n) is 5.70. The van der Waals surface area contributed by atoms with Gasteiger partial charge in [-0.05, 0) is 12.1 Å². The van der Waals surface area contributed by atoms with E-state index in [1.165, 1.54) is 0 Å². The molecule has 0 spiro atoms. The van der Waals surface area contributed by atoms with Crippen LogP contribution in [0.15, 0.2) is 18.2 Å². The van der Waals surface area contributed by atoms with Gasteiger partial charge in [-0.3, -0.25) is 0 Å². The van der Waals surface area contributed by atoms with Gasteiger partial charge in [-0.25, -0.2) is 0 Å². The van der Waals surface area contributed by atoms with Gasteiger partial charge >= 0.3 is 0 Å². The lowest BCUT2D eigenvalue weighted by Gasteiger charge is -2.38. The Labute approximate surface area is 102 Å². The SMILES string of the molecule is COc1ccc(NCC2(C)COC2)cc1OC. The third kappa shape index (κ3) is 2.64. The van der Waals surface area contributed by atoms with Crippen LogP contribution in [-0.2, 0) is 4.74 Å². The quantitative estimate of drug-likeness (QED) is 0.851. The average molecular weight is 237 g/mol. The molecule has 0 saturated carbocycles. The van der Waals surface area contributed by atoms with E-state index in [-0.39, 0.29) is 5.41 Å². The van der Waals surface area contributed by atoms with E-state index in [9.17, 15) is 0 Å². The molecule has 4 nitrogen and oxygen atoms in total. The lowest BCUT2D eigenvalue weighted by atomic mass is 9.89. The van der Waals surface area contributed by atoms with Crippen molar-refractivity contribution in [2.24, 2.45) is 5.41 Å². The summed E-state index contributed by atoms with van der Waals surface area (Å²) in [6.07, 6.45) is 0. The van der Waals surface area contributed by atoms with Crippen LogP contribution < -0.4 is 14.8 Å². The molecule has 0 atom stereocenters. The molecule has 1 aliphatic rings. The normalized spacial score (nSPS) is 17.1. The van der Waals surface area contributed by atoms with Crippen LogP contribution in [0.1, 0.15) is 6.92 Å². The molecule has 1 fully saturated rings. The summed E-state index contributed by atoms with van der Waals surface area (Å²) >= 11 is 0. The number of benzene rings is 1. The number of anilines is 1. The standard InChI is InChI=1S/C13H19NO3/c1-13(8-17-9-13)7-14-10-4-5-11(15-2)12(6-10)16-3/h4-6,14H,7-9H2,1-3H3. The Balaban J connectivity index is 2.01. The van der Waals surface area contributed by atoms with E-state index in [1.54, 1.807) is 14.2 Å². The third-order valence-electron chi connectivity index (χ3n) is 3.00. The molecule has 0 bridgehead atoms. The second-order valence-electron chi connectivity index (χ2n) is 4.73. The van der Waals surface area contributed by atoms with Crippen LogP contribution in [0, 0.1) is 5.41 Å². The van der Waals surface area contributed by atoms with Gasteiger partial charge in [0.05, 0.1) is 27.4 Å². The minimum absolute atomic E-state index is 0.257. The predicted molar refractivity (Wildman–Crippen MR) is 67.0 cm³/mol. The molecule has 0 aliphatic carbocycles. The summed E-state index contributed by atoms with van der Waals surface area (Å²) in [6, 6.07) is 5.84. The van der Waals surface area contributed by atoms with Gasteiger partial charge in [0.2, 0.25) is 0 Å². The van der Waals surface area contributed by atoms with Gasteiger partial charge in [-0.15, -0.1) is 0 Å². The fourth-order valence-corrected chi connectivity index (χ4v) is 1.81. The Hall–Kier alpha value is -1.42. The van der Waals surface area contributed by atoms with Crippen LogP contribution in [-0.4, -0.2) is 34.0 Å². The summed E-state index contributed by atoms with van der Waals surface area (Å²) < 4.78 is 15.7. The molecule has 1 heterocycles. The molecule has 17 heavy (non-hydrogen) atoms. The molecule has 4 heteroatoms. The summed E-state index contributed by atoms with van der Waals surface area (Å²) in [7, 11) is 3.28. The monoisotopic (exact) mass is 237 g/mol. The zero-order valence-electron chi connectivity index (χ0n) is 10.6. The smallest absolute Gasteiger partial charge is 0.162 e. The molecule has 1 aromatic rings. The summed E-state index contributed by atoms with van der Waals surface area (Å²) in [5.74, 6) is 1.49. The summed E-state index contributed by atoms with van der Waals surface area (Å²) in [5.41, 5.74) is 1.29. The van der Waals surface area contributed by atoms with E-state index in [0.717, 1.165) is 36.9 Å². The van der Waals surface area contributed by atoms with Gasteiger partial charge < -0.3 is 19.5 Å². The fourth-order valence-electron chi connectivity index (χ4n) is 1.81. The molecule has 2 rings (SSSR count). The molecule has 0 radical (unpaired) electrons. The van der Waals surface area contributed by atoms with Crippen molar-refractivity contribution in [3.05, 3.63) is 18.2 Å². The summed E-state index contributed by atoms with van der Waals surface area (Å²) in [5, 5.41) is 3.40. The molecule has 1 saturated heterocycles. The van der Waals surface area contributed by atoms with E-state index >= 15 is 0 Å². The van der Waals surface area contributed by atoms with Crippen molar-refractivity contribution in [2.45, 2.75) is 6.92 Å². The zero-order chi connectivity index (χ0) is 12.3. The molecule has 1 N–H and O–H groups in total. The lowest BCUT2D eigenvalue weighted by molar-refractivity contribution is -0.0924. The van der Waals surface area contributed by atoms with Crippen molar-refractivity contribution >= 4 is 5.69 Å². The maximum atomic E-state index is 5.26. The van der Waals surface area contributed by atoms with Crippen LogP contribution in [0.5, 0.6) is 11.5 Å². The molecule has 0 amide bonds. The number of rotatable bonds is 5. The first-order valence-corrected chi connectivity index (χ1v) is 5.70. The Morgan fingerprint density at radius 1 is 1.24 bits per heavy atom. The highest BCUT2D eigenvalue weighted by molar-refractivity contribution is 5.54. The van der Waals surface area contributed by atoms with Gasteiger partial charge in [0, 0.05) is 23.7 Å². The highest BCUT2D eigenvalue weighted by Crippen LogP contribution is 2.31. The Morgan fingerprint density at radius 2 is 1.94 bits per heavy atom. The molecule has 94 valence electrons. The van der Waals surface area contributed by atoms with Gasteiger partial charge in [0.15, 0.2) is 11.5 Å².